The van der Waals surface area contributed by atoms with E-state index < -0.39 is 0 Å². The van der Waals surface area contributed by atoms with Crippen molar-refractivity contribution < 1.29 is 0 Å². The maximum atomic E-state index is 5.73. The standard InChI is InChI=1S/C13H19IN2/c1-9-2-3-10(6-9)8-16-13-5-4-11(15)7-12(13)14/h4-5,7,9-10,16H,2-3,6,8,15H2,1H3. The lowest BCUT2D eigenvalue weighted by atomic mass is 10.1. The zero-order valence-corrected chi connectivity index (χ0v) is 11.8. The van der Waals surface area contributed by atoms with E-state index in [9.17, 15) is 0 Å². The average Bonchev–Trinajstić information content (AvgIpc) is 2.63. The highest BCUT2D eigenvalue weighted by Gasteiger charge is 2.20. The van der Waals surface area contributed by atoms with Crippen molar-refractivity contribution in [3.63, 3.8) is 0 Å². The Bertz CT molecular complexity index is 365. The van der Waals surface area contributed by atoms with Crippen molar-refractivity contribution in [3.05, 3.63) is 21.8 Å². The first-order valence-electron chi connectivity index (χ1n) is 5.94. The van der Waals surface area contributed by atoms with E-state index in [1.165, 1.54) is 28.5 Å². The van der Waals surface area contributed by atoms with Gasteiger partial charge in [-0.15, -0.1) is 0 Å². The maximum absolute atomic E-state index is 5.73. The van der Waals surface area contributed by atoms with Crippen LogP contribution in [0.5, 0.6) is 0 Å². The number of hydrogen-bond donors (Lipinski definition) is 2. The minimum Gasteiger partial charge on any atom is -0.399 e. The molecule has 0 aliphatic heterocycles. The fourth-order valence-electron chi connectivity index (χ4n) is 2.44. The van der Waals surface area contributed by atoms with E-state index in [-0.39, 0.29) is 0 Å². The third-order valence-electron chi connectivity index (χ3n) is 3.38. The minimum atomic E-state index is 0.837. The van der Waals surface area contributed by atoms with Crippen LogP contribution < -0.4 is 11.1 Å². The minimum absolute atomic E-state index is 0.837. The van der Waals surface area contributed by atoms with Crippen LogP contribution in [0.25, 0.3) is 0 Å². The highest BCUT2D eigenvalue weighted by atomic mass is 127. The zero-order chi connectivity index (χ0) is 11.5. The Balaban J connectivity index is 1.89. The second-order valence-electron chi connectivity index (χ2n) is 4.90. The summed E-state index contributed by atoms with van der Waals surface area (Å²) in [5.74, 6) is 1.76. The van der Waals surface area contributed by atoms with Crippen LogP contribution in [0.2, 0.25) is 0 Å². The molecule has 0 bridgehead atoms. The molecule has 0 aromatic heterocycles. The normalized spacial score (nSPS) is 24.6. The SMILES string of the molecule is CC1CCC(CNc2ccc(N)cc2I)C1. The highest BCUT2D eigenvalue weighted by Crippen LogP contribution is 2.31. The lowest BCUT2D eigenvalue weighted by Crippen LogP contribution is -2.12. The van der Waals surface area contributed by atoms with Crippen LogP contribution in [-0.2, 0) is 0 Å². The van der Waals surface area contributed by atoms with Gasteiger partial charge in [0.05, 0.1) is 0 Å². The van der Waals surface area contributed by atoms with Gasteiger partial charge < -0.3 is 11.1 Å². The lowest BCUT2D eigenvalue weighted by molar-refractivity contribution is 0.537. The molecule has 1 saturated carbocycles. The smallest absolute Gasteiger partial charge is 0.0477 e. The van der Waals surface area contributed by atoms with Gasteiger partial charge in [0.25, 0.3) is 0 Å². The summed E-state index contributed by atoms with van der Waals surface area (Å²) in [5, 5.41) is 3.54. The molecule has 2 rings (SSSR count). The van der Waals surface area contributed by atoms with Crippen LogP contribution in [0, 0.1) is 15.4 Å². The molecule has 0 saturated heterocycles. The van der Waals surface area contributed by atoms with E-state index in [4.69, 9.17) is 5.73 Å². The van der Waals surface area contributed by atoms with Gasteiger partial charge in [-0.2, -0.15) is 0 Å². The first kappa shape index (κ1) is 12.0. The van der Waals surface area contributed by atoms with Crippen LogP contribution in [0.3, 0.4) is 0 Å². The molecule has 0 radical (unpaired) electrons. The Hall–Kier alpha value is -0.450. The number of hydrogen-bond acceptors (Lipinski definition) is 2. The summed E-state index contributed by atoms with van der Waals surface area (Å²) in [7, 11) is 0. The van der Waals surface area contributed by atoms with Gasteiger partial charge in [-0.25, -0.2) is 0 Å². The zero-order valence-electron chi connectivity index (χ0n) is 9.67. The topological polar surface area (TPSA) is 38.0 Å². The number of rotatable bonds is 3. The molecule has 0 heterocycles. The van der Waals surface area contributed by atoms with Gasteiger partial charge in [0.15, 0.2) is 0 Å². The molecule has 2 unspecified atom stereocenters. The van der Waals surface area contributed by atoms with Gasteiger partial charge in [0, 0.05) is 21.5 Å². The molecular formula is C13H19IN2. The van der Waals surface area contributed by atoms with E-state index in [0.717, 1.165) is 24.1 Å². The Morgan fingerprint density at radius 1 is 1.44 bits per heavy atom. The Morgan fingerprint density at radius 3 is 2.88 bits per heavy atom. The molecule has 2 nitrogen and oxygen atoms in total. The van der Waals surface area contributed by atoms with E-state index in [2.05, 4.69) is 40.9 Å². The van der Waals surface area contributed by atoms with Gasteiger partial charge in [-0.3, -0.25) is 0 Å². The average molecular weight is 330 g/mol. The summed E-state index contributed by atoms with van der Waals surface area (Å²) < 4.78 is 1.21. The Morgan fingerprint density at radius 2 is 2.25 bits per heavy atom. The number of nitrogens with two attached hydrogens (primary N) is 1. The predicted molar refractivity (Wildman–Crippen MR) is 78.6 cm³/mol. The molecular weight excluding hydrogens is 311 g/mol. The van der Waals surface area contributed by atoms with E-state index in [0.29, 0.717) is 0 Å². The quantitative estimate of drug-likeness (QED) is 0.655. The molecule has 0 spiro atoms. The molecule has 88 valence electrons. The number of anilines is 2. The van der Waals surface area contributed by atoms with Gasteiger partial charge in [0.1, 0.15) is 0 Å². The molecule has 3 N–H and O–H groups in total. The molecule has 1 fully saturated rings. The van der Waals surface area contributed by atoms with Crippen molar-refractivity contribution in [2.45, 2.75) is 26.2 Å². The van der Waals surface area contributed by atoms with Gasteiger partial charge >= 0.3 is 0 Å². The summed E-state index contributed by atoms with van der Waals surface area (Å²) in [6.45, 7) is 3.46. The third-order valence-corrected chi connectivity index (χ3v) is 4.27. The summed E-state index contributed by atoms with van der Waals surface area (Å²) in [6, 6.07) is 6.05. The first-order valence-corrected chi connectivity index (χ1v) is 7.02. The molecule has 1 aliphatic rings. The van der Waals surface area contributed by atoms with Crippen LogP contribution in [0.4, 0.5) is 11.4 Å². The second kappa shape index (κ2) is 5.25. The van der Waals surface area contributed by atoms with Crippen molar-refractivity contribution >= 4 is 34.0 Å². The van der Waals surface area contributed by atoms with Crippen molar-refractivity contribution in [1.82, 2.24) is 0 Å². The lowest BCUT2D eigenvalue weighted by Gasteiger charge is -2.13. The molecule has 1 aliphatic carbocycles. The number of nitrogen functional groups attached to an aromatic ring is 1. The van der Waals surface area contributed by atoms with E-state index >= 15 is 0 Å². The summed E-state index contributed by atoms with van der Waals surface area (Å²) >= 11 is 2.33. The van der Waals surface area contributed by atoms with Crippen LogP contribution in [-0.4, -0.2) is 6.54 Å². The maximum Gasteiger partial charge on any atom is 0.0477 e. The summed E-state index contributed by atoms with van der Waals surface area (Å²) in [6.07, 6.45) is 4.14. The second-order valence-corrected chi connectivity index (χ2v) is 6.07. The van der Waals surface area contributed by atoms with Crippen molar-refractivity contribution in [2.24, 2.45) is 11.8 Å². The van der Waals surface area contributed by atoms with Crippen molar-refractivity contribution in [3.8, 4) is 0 Å². The molecule has 2 atom stereocenters. The number of nitrogens with one attached hydrogen (secondary N) is 1. The van der Waals surface area contributed by atoms with Gasteiger partial charge in [0.2, 0.25) is 0 Å². The van der Waals surface area contributed by atoms with E-state index in [1.807, 2.05) is 12.1 Å². The molecule has 3 heteroatoms. The molecule has 0 amide bonds. The summed E-state index contributed by atoms with van der Waals surface area (Å²) in [4.78, 5) is 0. The molecule has 1 aromatic rings. The van der Waals surface area contributed by atoms with E-state index in [1.54, 1.807) is 0 Å². The van der Waals surface area contributed by atoms with Crippen LogP contribution in [0.1, 0.15) is 26.2 Å². The highest BCUT2D eigenvalue weighted by molar-refractivity contribution is 14.1. The van der Waals surface area contributed by atoms with Crippen LogP contribution >= 0.6 is 22.6 Å². The number of benzene rings is 1. The Labute approximate surface area is 111 Å². The third kappa shape index (κ3) is 3.03. The largest absolute Gasteiger partial charge is 0.399 e. The fraction of sp³-hybridized carbons (Fsp3) is 0.538. The van der Waals surface area contributed by atoms with Crippen molar-refractivity contribution in [1.29, 1.82) is 0 Å². The first-order chi connectivity index (χ1) is 7.65. The molecule has 16 heavy (non-hydrogen) atoms. The monoisotopic (exact) mass is 330 g/mol. The van der Waals surface area contributed by atoms with Gasteiger partial charge in [-0.05, 0) is 65.5 Å². The summed E-state index contributed by atoms with van der Waals surface area (Å²) in [5.41, 5.74) is 7.79. The van der Waals surface area contributed by atoms with Crippen molar-refractivity contribution in [2.75, 3.05) is 17.6 Å². The number of halogens is 1. The Kier molecular flexibility index (Phi) is 3.95. The fourth-order valence-corrected chi connectivity index (χ4v) is 3.17. The van der Waals surface area contributed by atoms with Gasteiger partial charge in [-0.1, -0.05) is 13.3 Å². The van der Waals surface area contributed by atoms with Crippen LogP contribution in [0.15, 0.2) is 18.2 Å². The molecule has 1 aromatic carbocycles. The predicted octanol–water partition coefficient (Wildman–Crippen LogP) is 3.72.